The van der Waals surface area contributed by atoms with E-state index >= 15 is 0 Å². The van der Waals surface area contributed by atoms with Crippen molar-refractivity contribution in [1.29, 1.82) is 0 Å². The molecule has 0 bridgehead atoms. The summed E-state index contributed by atoms with van der Waals surface area (Å²) in [5.74, 6) is 1.03. The number of nitrogens with one attached hydrogen (secondary N) is 2. The molecule has 0 amide bonds. The normalized spacial score (nSPS) is 16.4. The van der Waals surface area contributed by atoms with Crippen LogP contribution in [-0.4, -0.2) is 45.9 Å². The van der Waals surface area contributed by atoms with Gasteiger partial charge in [0.1, 0.15) is 17.7 Å². The summed E-state index contributed by atoms with van der Waals surface area (Å²) in [7, 11) is 3.51. The Balaban J connectivity index is 0.00000338. The maximum Gasteiger partial charge on any atom is 0.191 e. The summed E-state index contributed by atoms with van der Waals surface area (Å²) in [5.41, 5.74) is 0.357. The molecule has 1 aliphatic rings. The molecule has 7 heteroatoms. The zero-order valence-corrected chi connectivity index (χ0v) is 18.2. The van der Waals surface area contributed by atoms with E-state index in [1.165, 1.54) is 25.0 Å². The molecule has 1 aliphatic carbocycles. The number of hydrogen-bond donors (Lipinski definition) is 2. The Labute approximate surface area is 173 Å². The zero-order chi connectivity index (χ0) is 18.1. The number of guanidine groups is 1. The average Bonchev–Trinajstić information content (AvgIpc) is 3.39. The molecule has 2 N–H and O–H groups in total. The highest BCUT2D eigenvalue weighted by molar-refractivity contribution is 14.0. The molecular weight excluding hydrogens is 448 g/mol. The Kier molecular flexibility index (Phi) is 10.2. The minimum atomic E-state index is -0.288. The van der Waals surface area contributed by atoms with Crippen molar-refractivity contribution >= 4 is 29.9 Å². The van der Waals surface area contributed by atoms with Crippen LogP contribution in [0.4, 0.5) is 4.39 Å². The highest BCUT2D eigenvalue weighted by Gasteiger charge is 2.41. The van der Waals surface area contributed by atoms with Crippen LogP contribution in [0.25, 0.3) is 0 Å². The summed E-state index contributed by atoms with van der Waals surface area (Å²) in [6.45, 7) is 4.36. The monoisotopic (exact) mass is 479 g/mol. The molecule has 1 unspecified atom stereocenters. The molecule has 0 spiro atoms. The highest BCUT2D eigenvalue weighted by Crippen LogP contribution is 2.48. The molecule has 0 aromatic heterocycles. The Hall–Kier alpha value is -1.09. The van der Waals surface area contributed by atoms with Gasteiger partial charge in [-0.2, -0.15) is 0 Å². The van der Waals surface area contributed by atoms with E-state index in [4.69, 9.17) is 9.47 Å². The molecule has 1 aromatic carbocycles. The lowest BCUT2D eigenvalue weighted by molar-refractivity contribution is 0.172. The van der Waals surface area contributed by atoms with Crippen LogP contribution < -0.4 is 15.4 Å². The third kappa shape index (κ3) is 7.65. The lowest BCUT2D eigenvalue weighted by Crippen LogP contribution is -2.44. The van der Waals surface area contributed by atoms with E-state index in [1.807, 2.05) is 6.92 Å². The van der Waals surface area contributed by atoms with E-state index in [9.17, 15) is 4.39 Å². The minimum Gasteiger partial charge on any atom is -0.489 e. The Bertz CT molecular complexity index is 567. The van der Waals surface area contributed by atoms with Crippen LogP contribution in [0, 0.1) is 11.2 Å². The Morgan fingerprint density at radius 1 is 1.35 bits per heavy atom. The van der Waals surface area contributed by atoms with Crippen LogP contribution in [0.15, 0.2) is 29.3 Å². The van der Waals surface area contributed by atoms with Gasteiger partial charge in [0.15, 0.2) is 5.96 Å². The van der Waals surface area contributed by atoms with Gasteiger partial charge in [-0.1, -0.05) is 13.0 Å². The molecule has 1 atom stereocenters. The second-order valence-corrected chi connectivity index (χ2v) is 6.65. The first-order chi connectivity index (χ1) is 12.1. The van der Waals surface area contributed by atoms with E-state index in [0.29, 0.717) is 17.7 Å². The van der Waals surface area contributed by atoms with Gasteiger partial charge in [-0.25, -0.2) is 4.39 Å². The number of hydrogen-bond acceptors (Lipinski definition) is 3. The highest BCUT2D eigenvalue weighted by atomic mass is 127. The van der Waals surface area contributed by atoms with Crippen molar-refractivity contribution in [3.05, 3.63) is 30.1 Å². The van der Waals surface area contributed by atoms with Crippen molar-refractivity contribution in [2.24, 2.45) is 10.4 Å². The largest absolute Gasteiger partial charge is 0.489 e. The third-order valence-electron chi connectivity index (χ3n) is 4.70. The van der Waals surface area contributed by atoms with Gasteiger partial charge in [-0.15, -0.1) is 24.0 Å². The molecule has 26 heavy (non-hydrogen) atoms. The summed E-state index contributed by atoms with van der Waals surface area (Å²) < 4.78 is 24.3. The van der Waals surface area contributed by atoms with Gasteiger partial charge in [-0.3, -0.25) is 4.99 Å². The number of methoxy groups -OCH3 is 1. The Morgan fingerprint density at radius 2 is 2.12 bits per heavy atom. The molecule has 0 heterocycles. The smallest absolute Gasteiger partial charge is 0.191 e. The van der Waals surface area contributed by atoms with Crippen molar-refractivity contribution in [2.45, 2.75) is 38.7 Å². The van der Waals surface area contributed by atoms with Crippen molar-refractivity contribution in [2.75, 3.05) is 33.9 Å². The average molecular weight is 479 g/mol. The van der Waals surface area contributed by atoms with Crippen molar-refractivity contribution in [3.63, 3.8) is 0 Å². The zero-order valence-electron chi connectivity index (χ0n) is 15.9. The number of benzene rings is 1. The predicted molar refractivity (Wildman–Crippen MR) is 114 cm³/mol. The second-order valence-electron chi connectivity index (χ2n) is 6.65. The fourth-order valence-corrected chi connectivity index (χ4v) is 2.71. The summed E-state index contributed by atoms with van der Waals surface area (Å²) in [6.07, 6.45) is 4.32. The minimum absolute atomic E-state index is 0. The summed E-state index contributed by atoms with van der Waals surface area (Å²) >= 11 is 0. The molecule has 2 rings (SSSR count). The number of ether oxygens (including phenoxy) is 2. The predicted octanol–water partition coefficient (Wildman–Crippen LogP) is 3.58. The lowest BCUT2D eigenvalue weighted by Gasteiger charge is -2.21. The maximum atomic E-state index is 13.3. The fourth-order valence-electron chi connectivity index (χ4n) is 2.71. The first kappa shape index (κ1) is 23.0. The molecular formula is C19H31FIN3O2. The standard InChI is InChI=1S/C19H30FN3O2.HI/c1-4-16(25-17-7-5-6-15(20)12-17)13-22-18(21-2)23-14-19(8-9-19)10-11-24-3;/h5-7,12,16H,4,8-11,13-14H2,1-3H3,(H2,21,22,23);1H. The summed E-state index contributed by atoms with van der Waals surface area (Å²) in [6, 6.07) is 6.24. The Morgan fingerprint density at radius 3 is 2.69 bits per heavy atom. The lowest BCUT2D eigenvalue weighted by atomic mass is 10.0. The molecule has 148 valence electrons. The van der Waals surface area contributed by atoms with Crippen LogP contribution in [0.5, 0.6) is 5.75 Å². The molecule has 1 saturated carbocycles. The van der Waals surface area contributed by atoms with Crippen LogP contribution in [0.3, 0.4) is 0 Å². The summed E-state index contributed by atoms with van der Waals surface area (Å²) in [5, 5.41) is 6.70. The number of rotatable bonds is 10. The second kappa shape index (κ2) is 11.6. The van der Waals surface area contributed by atoms with Gasteiger partial charge < -0.3 is 20.1 Å². The topological polar surface area (TPSA) is 54.9 Å². The third-order valence-corrected chi connectivity index (χ3v) is 4.70. The fraction of sp³-hybridized carbons (Fsp3) is 0.632. The summed E-state index contributed by atoms with van der Waals surface area (Å²) in [4.78, 5) is 4.27. The SMILES string of the molecule is CCC(CNC(=NC)NCC1(CCOC)CC1)Oc1cccc(F)c1.I. The molecule has 1 aromatic rings. The van der Waals surface area contributed by atoms with Crippen LogP contribution in [0.2, 0.25) is 0 Å². The van der Waals surface area contributed by atoms with E-state index < -0.39 is 0 Å². The van der Waals surface area contributed by atoms with Gasteiger partial charge in [0.05, 0.1) is 6.54 Å². The molecule has 1 fully saturated rings. The number of halogens is 2. The van der Waals surface area contributed by atoms with Crippen molar-refractivity contribution in [1.82, 2.24) is 10.6 Å². The quantitative estimate of drug-likeness (QED) is 0.306. The molecule has 5 nitrogen and oxygen atoms in total. The van der Waals surface area contributed by atoms with Crippen molar-refractivity contribution in [3.8, 4) is 5.75 Å². The van der Waals surface area contributed by atoms with Crippen molar-refractivity contribution < 1.29 is 13.9 Å². The van der Waals surface area contributed by atoms with Gasteiger partial charge in [0.25, 0.3) is 0 Å². The van der Waals surface area contributed by atoms with E-state index in [0.717, 1.165) is 32.0 Å². The van der Waals surface area contributed by atoms with E-state index in [2.05, 4.69) is 15.6 Å². The van der Waals surface area contributed by atoms with Crippen LogP contribution in [-0.2, 0) is 4.74 Å². The molecule has 0 radical (unpaired) electrons. The number of nitrogens with zero attached hydrogens (tertiary/aromatic N) is 1. The first-order valence-corrected chi connectivity index (χ1v) is 8.96. The van der Waals surface area contributed by atoms with Gasteiger partial charge in [0.2, 0.25) is 0 Å². The van der Waals surface area contributed by atoms with Gasteiger partial charge >= 0.3 is 0 Å². The van der Waals surface area contributed by atoms with Crippen LogP contribution >= 0.6 is 24.0 Å². The van der Waals surface area contributed by atoms with E-state index in [1.54, 1.807) is 26.3 Å². The van der Waals surface area contributed by atoms with E-state index in [-0.39, 0.29) is 35.9 Å². The van der Waals surface area contributed by atoms with Crippen LogP contribution in [0.1, 0.15) is 32.6 Å². The number of aliphatic imine (C=N–C) groups is 1. The maximum absolute atomic E-state index is 13.3. The van der Waals surface area contributed by atoms with Gasteiger partial charge in [-0.05, 0) is 43.2 Å². The molecule has 0 aliphatic heterocycles. The van der Waals surface area contributed by atoms with Gasteiger partial charge in [0, 0.05) is 33.4 Å². The molecule has 0 saturated heterocycles. The first-order valence-electron chi connectivity index (χ1n) is 8.96.